The van der Waals surface area contributed by atoms with Crippen molar-refractivity contribution in [2.75, 3.05) is 13.1 Å². The predicted molar refractivity (Wildman–Crippen MR) is 105 cm³/mol. The summed E-state index contributed by atoms with van der Waals surface area (Å²) in [5, 5.41) is 3.21. The van der Waals surface area contributed by atoms with Crippen LogP contribution in [-0.2, 0) is 11.3 Å². The second-order valence-corrected chi connectivity index (χ2v) is 8.18. The van der Waals surface area contributed by atoms with Crippen LogP contribution in [0, 0.1) is 0 Å². The molecule has 0 bridgehead atoms. The molecule has 2 N–H and O–H groups in total. The monoisotopic (exact) mass is 390 g/mol. The molecule has 0 radical (unpaired) electrons. The minimum absolute atomic E-state index is 0.102. The van der Waals surface area contributed by atoms with E-state index in [1.54, 1.807) is 0 Å². The number of hydrogen-bond donors (Lipinski definition) is 2. The Morgan fingerprint density at radius 2 is 2.00 bits per heavy atom. The number of H-pyrrole nitrogens is 1. The number of aromatic nitrogens is 2. The fourth-order valence-corrected chi connectivity index (χ4v) is 4.92. The Labute approximate surface area is 160 Å². The summed E-state index contributed by atoms with van der Waals surface area (Å²) in [4.78, 5) is 22.6. The number of quaternary nitrogens is 1. The highest BCUT2D eigenvalue weighted by Gasteiger charge is 2.26. The van der Waals surface area contributed by atoms with Crippen LogP contribution in [0.1, 0.15) is 19.7 Å². The van der Waals surface area contributed by atoms with Crippen molar-refractivity contribution in [3.63, 3.8) is 0 Å². The molecule has 0 saturated carbocycles. The van der Waals surface area contributed by atoms with Crippen LogP contribution in [0.3, 0.4) is 0 Å². The number of benzene rings is 1. The summed E-state index contributed by atoms with van der Waals surface area (Å²) in [7, 11) is 0. The van der Waals surface area contributed by atoms with Crippen molar-refractivity contribution in [1.82, 2.24) is 9.97 Å². The lowest BCUT2D eigenvalue weighted by Crippen LogP contribution is -3.14. The number of nitrogens with zero attached hydrogens (tertiary/aromatic N) is 1. The molecule has 1 aromatic carbocycles. The molecule has 0 spiro atoms. The van der Waals surface area contributed by atoms with E-state index < -0.39 is 0 Å². The molecule has 5 nitrogen and oxygen atoms in total. The molecule has 136 valence electrons. The van der Waals surface area contributed by atoms with E-state index >= 15 is 0 Å². The number of halogens is 1. The average molecular weight is 391 g/mol. The van der Waals surface area contributed by atoms with Gasteiger partial charge in [-0.15, -0.1) is 11.3 Å². The zero-order chi connectivity index (χ0) is 18.3. The van der Waals surface area contributed by atoms with E-state index in [9.17, 15) is 4.79 Å². The smallest absolute Gasteiger partial charge is 0.260 e. The number of thiophene rings is 1. The molecule has 1 aliphatic heterocycles. The van der Waals surface area contributed by atoms with E-state index in [1.165, 1.54) is 16.2 Å². The van der Waals surface area contributed by atoms with Crippen molar-refractivity contribution in [2.24, 2.45) is 0 Å². The van der Waals surface area contributed by atoms with Crippen molar-refractivity contribution in [1.29, 1.82) is 0 Å². The second kappa shape index (κ2) is 7.12. The summed E-state index contributed by atoms with van der Waals surface area (Å²) < 4.78 is 5.79. The first-order chi connectivity index (χ1) is 12.5. The molecule has 0 aliphatic carbocycles. The minimum Gasteiger partial charge on any atom is -0.364 e. The summed E-state index contributed by atoms with van der Waals surface area (Å²) in [5.41, 5.74) is 1.61. The van der Waals surface area contributed by atoms with Gasteiger partial charge < -0.3 is 14.6 Å². The number of ether oxygens (including phenoxy) is 1. The quantitative estimate of drug-likeness (QED) is 0.722. The summed E-state index contributed by atoms with van der Waals surface area (Å²) in [6.45, 7) is 6.71. The summed E-state index contributed by atoms with van der Waals surface area (Å²) in [6, 6.07) is 7.57. The molecule has 26 heavy (non-hydrogen) atoms. The van der Waals surface area contributed by atoms with Crippen LogP contribution in [0.25, 0.3) is 21.3 Å². The van der Waals surface area contributed by atoms with Crippen molar-refractivity contribution in [3.05, 3.63) is 50.8 Å². The third-order valence-corrected chi connectivity index (χ3v) is 5.89. The van der Waals surface area contributed by atoms with Crippen LogP contribution >= 0.6 is 22.9 Å². The third kappa shape index (κ3) is 3.42. The van der Waals surface area contributed by atoms with Gasteiger partial charge in [-0.1, -0.05) is 29.8 Å². The molecule has 1 saturated heterocycles. The van der Waals surface area contributed by atoms with E-state index in [0.717, 1.165) is 34.9 Å². The van der Waals surface area contributed by atoms with Crippen molar-refractivity contribution in [3.8, 4) is 11.1 Å². The first-order valence-electron chi connectivity index (χ1n) is 8.75. The third-order valence-electron chi connectivity index (χ3n) is 4.69. The molecule has 2 aromatic heterocycles. The van der Waals surface area contributed by atoms with Gasteiger partial charge in [0.1, 0.15) is 36.7 Å². The molecule has 3 heterocycles. The molecule has 0 amide bonds. The molecular weight excluding hydrogens is 370 g/mol. The fourth-order valence-electron chi connectivity index (χ4n) is 3.73. The SMILES string of the molecule is C[C@@H]1C[NH+](Cc2nc3scc(-c4ccccc4Cl)c3c(=O)[nH]2)C[C@H](C)O1. The normalized spacial score (nSPS) is 23.4. The summed E-state index contributed by atoms with van der Waals surface area (Å²) in [6.07, 6.45) is 0.440. The van der Waals surface area contributed by atoms with Crippen LogP contribution in [0.15, 0.2) is 34.4 Å². The lowest BCUT2D eigenvalue weighted by molar-refractivity contribution is -0.928. The number of fused-ring (bicyclic) bond motifs is 1. The number of rotatable bonds is 3. The number of aromatic amines is 1. The van der Waals surface area contributed by atoms with Crippen LogP contribution in [0.2, 0.25) is 5.02 Å². The van der Waals surface area contributed by atoms with Crippen molar-refractivity contribution in [2.45, 2.75) is 32.6 Å². The van der Waals surface area contributed by atoms with Gasteiger partial charge in [-0.05, 0) is 19.9 Å². The molecule has 7 heteroatoms. The number of nitrogens with one attached hydrogen (secondary N) is 2. The van der Waals surface area contributed by atoms with E-state index in [-0.39, 0.29) is 17.8 Å². The van der Waals surface area contributed by atoms with Crippen LogP contribution in [0.4, 0.5) is 0 Å². The Bertz CT molecular complexity index is 990. The van der Waals surface area contributed by atoms with Gasteiger partial charge in [0, 0.05) is 21.5 Å². The Morgan fingerprint density at radius 1 is 1.27 bits per heavy atom. The van der Waals surface area contributed by atoms with E-state index in [2.05, 4.69) is 18.8 Å². The van der Waals surface area contributed by atoms with Crippen LogP contribution in [0.5, 0.6) is 0 Å². The fraction of sp³-hybridized carbons (Fsp3) is 0.368. The van der Waals surface area contributed by atoms with Gasteiger partial charge >= 0.3 is 0 Å². The zero-order valence-corrected chi connectivity index (χ0v) is 16.3. The van der Waals surface area contributed by atoms with Gasteiger partial charge in [0.15, 0.2) is 5.82 Å². The van der Waals surface area contributed by atoms with Crippen LogP contribution in [-0.4, -0.2) is 35.3 Å². The standard InChI is InChI=1S/C19H20ClN3O2S/c1-11-7-23(8-12(2)25-11)9-16-21-18(24)17-14(10-26-19(17)22-16)13-5-3-4-6-15(13)20/h3-6,10-12H,7-9H2,1-2H3,(H,21,22,24)/p+1/t11-,12+. The number of hydrogen-bond acceptors (Lipinski definition) is 4. The largest absolute Gasteiger partial charge is 0.364 e. The first kappa shape index (κ1) is 17.7. The summed E-state index contributed by atoms with van der Waals surface area (Å²) >= 11 is 7.80. The maximum Gasteiger partial charge on any atom is 0.260 e. The van der Waals surface area contributed by atoms with Gasteiger partial charge in [-0.2, -0.15) is 0 Å². The lowest BCUT2D eigenvalue weighted by Gasteiger charge is -2.32. The minimum atomic E-state index is -0.102. The Morgan fingerprint density at radius 3 is 2.73 bits per heavy atom. The molecular formula is C19H21ClN3O2S+. The average Bonchev–Trinajstić information content (AvgIpc) is 2.98. The maximum atomic E-state index is 12.8. The van der Waals surface area contributed by atoms with Gasteiger partial charge in [0.25, 0.3) is 5.56 Å². The molecule has 1 fully saturated rings. The van der Waals surface area contributed by atoms with Gasteiger partial charge in [-0.25, -0.2) is 4.98 Å². The van der Waals surface area contributed by atoms with Crippen LogP contribution < -0.4 is 10.5 Å². The highest BCUT2D eigenvalue weighted by Crippen LogP contribution is 2.34. The lowest BCUT2D eigenvalue weighted by atomic mass is 10.1. The van der Waals surface area contributed by atoms with E-state index in [4.69, 9.17) is 21.3 Å². The molecule has 4 rings (SSSR count). The van der Waals surface area contributed by atoms with Gasteiger partial charge in [-0.3, -0.25) is 4.79 Å². The van der Waals surface area contributed by atoms with Crippen molar-refractivity contribution < 1.29 is 9.64 Å². The topological polar surface area (TPSA) is 59.4 Å². The Hall–Kier alpha value is -1.73. The molecule has 1 unspecified atom stereocenters. The molecule has 1 aliphatic rings. The Kier molecular flexibility index (Phi) is 4.84. The van der Waals surface area contributed by atoms with Gasteiger partial charge in [0.05, 0.1) is 5.39 Å². The van der Waals surface area contributed by atoms with Crippen molar-refractivity contribution >= 4 is 33.2 Å². The van der Waals surface area contributed by atoms with E-state index in [0.29, 0.717) is 17.0 Å². The predicted octanol–water partition coefficient (Wildman–Crippen LogP) is 2.50. The first-order valence-corrected chi connectivity index (χ1v) is 10.0. The molecule has 3 aromatic rings. The maximum absolute atomic E-state index is 12.8. The number of morpholine rings is 1. The highest BCUT2D eigenvalue weighted by atomic mass is 35.5. The summed E-state index contributed by atoms with van der Waals surface area (Å²) in [5.74, 6) is 0.728. The Balaban J connectivity index is 1.68. The van der Waals surface area contributed by atoms with E-state index in [1.807, 2.05) is 29.6 Å². The highest BCUT2D eigenvalue weighted by molar-refractivity contribution is 7.17. The zero-order valence-electron chi connectivity index (χ0n) is 14.7. The van der Waals surface area contributed by atoms with Gasteiger partial charge in [0.2, 0.25) is 0 Å². The second-order valence-electron chi connectivity index (χ2n) is 6.91. The molecule has 3 atom stereocenters.